The molecule has 0 spiro atoms. The maximum atomic E-state index is 5.66. The van der Waals surface area contributed by atoms with Gasteiger partial charge in [0.05, 0.1) is 0 Å². The van der Waals surface area contributed by atoms with Crippen LogP contribution in [0, 0.1) is 0 Å². The molecule has 0 heterocycles. The van der Waals surface area contributed by atoms with Gasteiger partial charge in [0.1, 0.15) is 12.4 Å². The van der Waals surface area contributed by atoms with Gasteiger partial charge in [0.25, 0.3) is 0 Å². The molecule has 18 heavy (non-hydrogen) atoms. The van der Waals surface area contributed by atoms with Gasteiger partial charge in [-0.15, -0.1) is 0 Å². The third kappa shape index (κ3) is 5.52. The highest BCUT2D eigenvalue weighted by atomic mass is 16.7. The average molecular weight is 252 g/mol. The Morgan fingerprint density at radius 2 is 1.56 bits per heavy atom. The van der Waals surface area contributed by atoms with Crippen LogP contribution in [-0.4, -0.2) is 26.1 Å². The van der Waals surface area contributed by atoms with Crippen molar-refractivity contribution in [1.29, 1.82) is 0 Å². The summed E-state index contributed by atoms with van der Waals surface area (Å²) in [6, 6.07) is 8.21. The van der Waals surface area contributed by atoms with E-state index < -0.39 is 0 Å². The zero-order valence-corrected chi connectivity index (χ0v) is 11.6. The molecule has 1 aromatic carbocycles. The fourth-order valence-corrected chi connectivity index (χ4v) is 1.72. The molecule has 0 saturated heterocycles. The molecular formula is C15H24O3. The van der Waals surface area contributed by atoms with E-state index in [0.717, 1.165) is 18.6 Å². The number of aryl methyl sites for hydroxylation is 1. The number of ether oxygens (including phenoxy) is 3. The smallest absolute Gasteiger partial charge is 0.191 e. The van der Waals surface area contributed by atoms with Crippen molar-refractivity contribution in [2.24, 2.45) is 0 Å². The second-order valence-electron chi connectivity index (χ2n) is 4.05. The topological polar surface area (TPSA) is 27.7 Å². The van der Waals surface area contributed by atoms with E-state index in [1.165, 1.54) is 5.56 Å². The first-order valence-corrected chi connectivity index (χ1v) is 6.75. The molecule has 102 valence electrons. The molecule has 0 fully saturated rings. The van der Waals surface area contributed by atoms with Crippen LogP contribution in [0.2, 0.25) is 0 Å². The van der Waals surface area contributed by atoms with Crippen molar-refractivity contribution in [3.63, 3.8) is 0 Å². The van der Waals surface area contributed by atoms with Gasteiger partial charge in [-0.1, -0.05) is 25.5 Å². The van der Waals surface area contributed by atoms with E-state index in [-0.39, 0.29) is 6.29 Å². The van der Waals surface area contributed by atoms with Crippen molar-refractivity contribution in [2.45, 2.75) is 39.9 Å². The van der Waals surface area contributed by atoms with Crippen molar-refractivity contribution in [3.05, 3.63) is 29.8 Å². The van der Waals surface area contributed by atoms with Crippen LogP contribution in [0.5, 0.6) is 5.75 Å². The van der Waals surface area contributed by atoms with E-state index in [1.807, 2.05) is 26.0 Å². The highest BCUT2D eigenvalue weighted by Crippen LogP contribution is 2.14. The summed E-state index contributed by atoms with van der Waals surface area (Å²) >= 11 is 0. The van der Waals surface area contributed by atoms with Gasteiger partial charge in [0.2, 0.25) is 0 Å². The Morgan fingerprint density at radius 3 is 2.06 bits per heavy atom. The van der Waals surface area contributed by atoms with Gasteiger partial charge in [-0.25, -0.2) is 0 Å². The Labute approximate surface area is 110 Å². The van der Waals surface area contributed by atoms with Crippen LogP contribution >= 0.6 is 0 Å². The molecule has 0 aliphatic carbocycles. The number of hydrogen-bond donors (Lipinski definition) is 0. The van der Waals surface area contributed by atoms with Crippen LogP contribution in [0.3, 0.4) is 0 Å². The van der Waals surface area contributed by atoms with Gasteiger partial charge in [0, 0.05) is 13.2 Å². The first-order chi connectivity index (χ1) is 8.80. The quantitative estimate of drug-likeness (QED) is 0.630. The minimum atomic E-state index is -0.282. The lowest BCUT2D eigenvalue weighted by Gasteiger charge is -2.17. The molecule has 0 bridgehead atoms. The number of benzene rings is 1. The second-order valence-corrected chi connectivity index (χ2v) is 4.05. The molecule has 0 atom stereocenters. The zero-order chi connectivity index (χ0) is 13.2. The lowest BCUT2D eigenvalue weighted by Crippen LogP contribution is -2.25. The molecule has 0 saturated carbocycles. The third-order valence-electron chi connectivity index (χ3n) is 2.55. The van der Waals surface area contributed by atoms with Crippen LogP contribution in [0.1, 0.15) is 32.8 Å². The predicted molar refractivity (Wildman–Crippen MR) is 73.0 cm³/mol. The van der Waals surface area contributed by atoms with Gasteiger partial charge < -0.3 is 14.2 Å². The van der Waals surface area contributed by atoms with E-state index in [0.29, 0.717) is 19.8 Å². The molecule has 0 aromatic heterocycles. The Bertz CT molecular complexity index is 302. The molecule has 3 nitrogen and oxygen atoms in total. The van der Waals surface area contributed by atoms with Gasteiger partial charge in [-0.2, -0.15) is 0 Å². The highest BCUT2D eigenvalue weighted by Gasteiger charge is 2.08. The Balaban J connectivity index is 2.41. The lowest BCUT2D eigenvalue weighted by atomic mass is 10.1. The number of hydrogen-bond acceptors (Lipinski definition) is 3. The summed E-state index contributed by atoms with van der Waals surface area (Å²) in [5.74, 6) is 0.860. The van der Waals surface area contributed by atoms with E-state index in [9.17, 15) is 0 Å². The Hall–Kier alpha value is -1.06. The van der Waals surface area contributed by atoms with Crippen LogP contribution in [-0.2, 0) is 15.9 Å². The van der Waals surface area contributed by atoms with E-state index in [1.54, 1.807) is 0 Å². The van der Waals surface area contributed by atoms with E-state index in [4.69, 9.17) is 14.2 Å². The fraction of sp³-hybridized carbons (Fsp3) is 0.600. The Morgan fingerprint density at radius 1 is 0.944 bits per heavy atom. The summed E-state index contributed by atoms with van der Waals surface area (Å²) < 4.78 is 16.5. The standard InChI is InChI=1S/C15H24O3/c1-4-7-13-8-10-14(11-9-13)18-12-15(16-5-2)17-6-3/h8-11,15H,4-7,12H2,1-3H3. The summed E-state index contributed by atoms with van der Waals surface area (Å²) in [7, 11) is 0. The molecule has 0 unspecified atom stereocenters. The monoisotopic (exact) mass is 252 g/mol. The average Bonchev–Trinajstić information content (AvgIpc) is 2.38. The minimum Gasteiger partial charge on any atom is -0.488 e. The summed E-state index contributed by atoms with van der Waals surface area (Å²) in [5, 5.41) is 0. The highest BCUT2D eigenvalue weighted by molar-refractivity contribution is 5.27. The van der Waals surface area contributed by atoms with Crippen LogP contribution in [0.4, 0.5) is 0 Å². The van der Waals surface area contributed by atoms with Gasteiger partial charge in [0.15, 0.2) is 6.29 Å². The maximum absolute atomic E-state index is 5.66. The molecule has 3 heteroatoms. The fourth-order valence-electron chi connectivity index (χ4n) is 1.72. The van der Waals surface area contributed by atoms with E-state index in [2.05, 4.69) is 19.1 Å². The largest absolute Gasteiger partial charge is 0.488 e. The van der Waals surface area contributed by atoms with Gasteiger partial charge in [-0.05, 0) is 38.0 Å². The molecule has 1 aromatic rings. The summed E-state index contributed by atoms with van der Waals surface area (Å²) in [5.41, 5.74) is 1.34. The third-order valence-corrected chi connectivity index (χ3v) is 2.55. The van der Waals surface area contributed by atoms with Crippen molar-refractivity contribution >= 4 is 0 Å². The summed E-state index contributed by atoms with van der Waals surface area (Å²) in [4.78, 5) is 0. The van der Waals surface area contributed by atoms with Gasteiger partial charge >= 0.3 is 0 Å². The second kappa shape index (κ2) is 8.95. The van der Waals surface area contributed by atoms with Gasteiger partial charge in [-0.3, -0.25) is 0 Å². The van der Waals surface area contributed by atoms with Crippen LogP contribution in [0.25, 0.3) is 0 Å². The molecule has 0 aliphatic heterocycles. The minimum absolute atomic E-state index is 0.282. The first-order valence-electron chi connectivity index (χ1n) is 6.75. The van der Waals surface area contributed by atoms with Crippen molar-refractivity contribution in [1.82, 2.24) is 0 Å². The molecular weight excluding hydrogens is 228 g/mol. The molecule has 0 N–H and O–H groups in total. The number of rotatable bonds is 9. The Kier molecular flexibility index (Phi) is 7.46. The summed E-state index contributed by atoms with van der Waals surface area (Å²) in [6.45, 7) is 7.76. The van der Waals surface area contributed by atoms with Crippen LogP contribution in [0.15, 0.2) is 24.3 Å². The zero-order valence-electron chi connectivity index (χ0n) is 11.6. The lowest BCUT2D eigenvalue weighted by molar-refractivity contribution is -0.152. The molecule has 0 amide bonds. The first kappa shape index (κ1) is 15.0. The van der Waals surface area contributed by atoms with E-state index >= 15 is 0 Å². The van der Waals surface area contributed by atoms with Crippen LogP contribution < -0.4 is 4.74 Å². The maximum Gasteiger partial charge on any atom is 0.191 e. The molecule has 1 rings (SSSR count). The molecule has 0 aliphatic rings. The summed E-state index contributed by atoms with van der Waals surface area (Å²) in [6.07, 6.45) is 1.99. The van der Waals surface area contributed by atoms with Crippen molar-refractivity contribution in [2.75, 3.05) is 19.8 Å². The van der Waals surface area contributed by atoms with Crippen molar-refractivity contribution in [3.8, 4) is 5.75 Å². The predicted octanol–water partition coefficient (Wildman–Crippen LogP) is 3.42. The normalized spacial score (nSPS) is 10.9. The molecule has 0 radical (unpaired) electrons. The van der Waals surface area contributed by atoms with Crippen molar-refractivity contribution < 1.29 is 14.2 Å². The SMILES string of the molecule is CCCc1ccc(OCC(OCC)OCC)cc1.